The lowest BCUT2D eigenvalue weighted by atomic mass is 9.33. The van der Waals surface area contributed by atoms with Gasteiger partial charge in [-0.05, 0) is 126 Å². The predicted molar refractivity (Wildman–Crippen MR) is 186 cm³/mol. The van der Waals surface area contributed by atoms with Crippen LogP contribution in [0.3, 0.4) is 0 Å². The maximum absolute atomic E-state index is 14.0. The van der Waals surface area contributed by atoms with Crippen LogP contribution in [0.2, 0.25) is 0 Å². The number of nitrogens with one attached hydrogen (secondary N) is 1. The fraction of sp³-hybridized carbons (Fsp3) is 0.756. The van der Waals surface area contributed by atoms with E-state index >= 15 is 0 Å². The van der Waals surface area contributed by atoms with Crippen molar-refractivity contribution in [2.45, 2.75) is 138 Å². The highest BCUT2D eigenvalue weighted by Gasteiger charge is 2.68. The van der Waals surface area contributed by atoms with Gasteiger partial charge in [0, 0.05) is 12.8 Å². The summed E-state index contributed by atoms with van der Waals surface area (Å²) >= 11 is 0. The van der Waals surface area contributed by atoms with Crippen molar-refractivity contribution in [1.29, 1.82) is 0 Å². The average molecular weight is 648 g/mol. The van der Waals surface area contributed by atoms with E-state index in [2.05, 4.69) is 59.9 Å². The molecule has 1 aromatic rings. The summed E-state index contributed by atoms with van der Waals surface area (Å²) in [7, 11) is 1.59. The molecule has 0 spiro atoms. The van der Waals surface area contributed by atoms with E-state index in [0.29, 0.717) is 29.9 Å². The molecule has 5 aliphatic carbocycles. The van der Waals surface area contributed by atoms with Crippen LogP contribution >= 0.6 is 0 Å². The van der Waals surface area contributed by atoms with E-state index in [1.54, 1.807) is 12.7 Å². The summed E-state index contributed by atoms with van der Waals surface area (Å²) in [4.78, 5) is 26.4. The second kappa shape index (κ2) is 11.6. The van der Waals surface area contributed by atoms with Crippen LogP contribution in [0.25, 0.3) is 0 Å². The lowest BCUT2D eigenvalue weighted by molar-refractivity contribution is -0.203. The lowest BCUT2D eigenvalue weighted by Crippen LogP contribution is -2.64. The Kier molecular flexibility index (Phi) is 8.54. The van der Waals surface area contributed by atoms with Crippen LogP contribution in [0.4, 0.5) is 0 Å². The number of methoxy groups -OCH3 is 1. The first-order valence-corrected chi connectivity index (χ1v) is 18.5. The molecule has 4 saturated carbocycles. The zero-order chi connectivity index (χ0) is 34.2. The molecule has 5 aliphatic rings. The molecule has 260 valence electrons. The van der Waals surface area contributed by atoms with Crippen molar-refractivity contribution in [3.8, 4) is 5.75 Å². The molecular weight excluding hydrogens is 586 g/mol. The molecule has 0 saturated heterocycles. The van der Waals surface area contributed by atoms with Crippen LogP contribution in [-0.4, -0.2) is 41.3 Å². The van der Waals surface area contributed by atoms with Crippen LogP contribution in [-0.2, 0) is 16.0 Å². The maximum atomic E-state index is 14.0. The van der Waals surface area contributed by atoms with Gasteiger partial charge < -0.3 is 20.3 Å². The second-order valence-electron chi connectivity index (χ2n) is 18.6. The molecular formula is C41H61NO5. The molecule has 3 N–H and O–H groups in total. The third-order valence-corrected chi connectivity index (χ3v) is 15.6. The van der Waals surface area contributed by atoms with Crippen LogP contribution < -0.4 is 10.1 Å². The Morgan fingerprint density at radius 1 is 0.936 bits per heavy atom. The van der Waals surface area contributed by atoms with Gasteiger partial charge in [-0.3, -0.25) is 4.79 Å². The van der Waals surface area contributed by atoms with Gasteiger partial charge in [0.05, 0.1) is 13.2 Å². The first-order chi connectivity index (χ1) is 21.9. The fourth-order valence-electron chi connectivity index (χ4n) is 12.5. The number of aliphatic hydroxyl groups is 1. The number of carbonyl (C=O) groups excluding carboxylic acids is 1. The van der Waals surface area contributed by atoms with E-state index in [1.807, 2.05) is 24.3 Å². The molecule has 0 aliphatic heterocycles. The van der Waals surface area contributed by atoms with E-state index in [0.717, 1.165) is 56.9 Å². The smallest absolute Gasteiger partial charge is 0.326 e. The van der Waals surface area contributed by atoms with Gasteiger partial charge in [0.25, 0.3) is 0 Å². The summed E-state index contributed by atoms with van der Waals surface area (Å²) < 4.78 is 5.47. The quantitative estimate of drug-likeness (QED) is 0.259. The van der Waals surface area contributed by atoms with Crippen molar-refractivity contribution < 1.29 is 24.5 Å². The number of allylic oxidation sites excluding steroid dienone is 2. The molecule has 6 rings (SSSR count). The predicted octanol–water partition coefficient (Wildman–Crippen LogP) is 8.36. The number of fused-ring (bicyclic) bond motifs is 7. The number of aliphatic hydroxyl groups excluding tert-OH is 1. The number of para-hydroxylation sites is 1. The Balaban J connectivity index is 1.29. The maximum Gasteiger partial charge on any atom is 0.326 e. The molecule has 47 heavy (non-hydrogen) atoms. The molecule has 4 fully saturated rings. The summed E-state index contributed by atoms with van der Waals surface area (Å²) in [5, 5.41) is 24.2. The number of carboxylic acids is 1. The lowest BCUT2D eigenvalue weighted by Gasteiger charge is -2.71. The van der Waals surface area contributed by atoms with Gasteiger partial charge in [-0.25, -0.2) is 4.79 Å². The Morgan fingerprint density at radius 2 is 1.64 bits per heavy atom. The fourth-order valence-corrected chi connectivity index (χ4v) is 12.5. The number of hydrogen-bond acceptors (Lipinski definition) is 4. The normalized spacial score (nSPS) is 40.7. The van der Waals surface area contributed by atoms with Gasteiger partial charge in [-0.2, -0.15) is 0 Å². The number of benzene rings is 1. The Labute approximate surface area is 283 Å². The van der Waals surface area contributed by atoms with Crippen molar-refractivity contribution in [1.82, 2.24) is 5.32 Å². The summed E-state index contributed by atoms with van der Waals surface area (Å²) in [5.41, 5.74) is 2.79. The van der Waals surface area contributed by atoms with Crippen molar-refractivity contribution in [2.24, 2.45) is 50.2 Å². The van der Waals surface area contributed by atoms with Crippen molar-refractivity contribution in [2.75, 3.05) is 7.11 Å². The minimum atomic E-state index is -1.02. The van der Waals surface area contributed by atoms with Crippen molar-refractivity contribution in [3.63, 3.8) is 0 Å². The topological polar surface area (TPSA) is 95.9 Å². The first-order valence-electron chi connectivity index (χ1n) is 18.5. The Morgan fingerprint density at radius 3 is 2.34 bits per heavy atom. The third-order valence-electron chi connectivity index (χ3n) is 15.6. The molecule has 0 aromatic heterocycles. The van der Waals surface area contributed by atoms with Crippen LogP contribution in [0, 0.1) is 50.2 Å². The minimum absolute atomic E-state index is 0.0651. The SMILES string of the molecule is COc1ccccc1CC(NC(=O)C[C@]12CCC(C)(C)C[C@H]1C1=CC[C@@H]3[C@@]4(C)CC[C@H](O)C(C)(C)[C@@H]4CC[C@@]3(C)[C@]1(C)CC2)C(=O)O. The zero-order valence-electron chi connectivity index (χ0n) is 30.4. The average Bonchev–Trinajstić information content (AvgIpc) is 3.00. The van der Waals surface area contributed by atoms with Gasteiger partial charge in [0.1, 0.15) is 11.8 Å². The van der Waals surface area contributed by atoms with Crippen LogP contribution in [0.5, 0.6) is 5.75 Å². The van der Waals surface area contributed by atoms with E-state index in [1.165, 1.54) is 12.8 Å². The molecule has 0 heterocycles. The molecule has 6 nitrogen and oxygen atoms in total. The molecule has 0 radical (unpaired) electrons. The van der Waals surface area contributed by atoms with E-state index in [4.69, 9.17) is 4.74 Å². The van der Waals surface area contributed by atoms with Gasteiger partial charge in [0.2, 0.25) is 5.91 Å². The first kappa shape index (κ1) is 34.5. The van der Waals surface area contributed by atoms with Gasteiger partial charge in [0.15, 0.2) is 0 Å². The monoisotopic (exact) mass is 647 g/mol. The minimum Gasteiger partial charge on any atom is -0.496 e. The van der Waals surface area contributed by atoms with Crippen LogP contribution in [0.1, 0.15) is 125 Å². The molecule has 1 unspecified atom stereocenters. The molecule has 1 amide bonds. The highest BCUT2D eigenvalue weighted by Crippen LogP contribution is 2.76. The van der Waals surface area contributed by atoms with E-state index < -0.39 is 12.0 Å². The second-order valence-corrected chi connectivity index (χ2v) is 18.6. The summed E-state index contributed by atoms with van der Waals surface area (Å²) in [5.74, 6) is 0.898. The molecule has 0 bridgehead atoms. The third kappa shape index (κ3) is 5.38. The van der Waals surface area contributed by atoms with E-state index in [-0.39, 0.29) is 50.9 Å². The Bertz CT molecular complexity index is 1430. The highest BCUT2D eigenvalue weighted by atomic mass is 16.5. The highest BCUT2D eigenvalue weighted by molar-refractivity contribution is 5.84. The molecule has 1 aromatic carbocycles. The van der Waals surface area contributed by atoms with Gasteiger partial charge in [-0.15, -0.1) is 0 Å². The zero-order valence-corrected chi connectivity index (χ0v) is 30.4. The standard InChI is InChI=1S/C41H61NO5/c1-36(2)19-21-41(25-34(44)42-29(35(45)46)23-26-11-9-10-12-30(26)47-8)22-20-39(6)27(28(41)24-36)13-14-32-38(5)17-16-33(43)37(3,4)31(38)15-18-40(32,39)7/h9-13,28-29,31-33,43H,14-25H2,1-8H3,(H,42,44)(H,45,46)/t28-,29?,31-,32+,33-,38-,39+,40+,41+/m0/s1. The number of carbonyl (C=O) groups is 2. The summed E-state index contributed by atoms with van der Waals surface area (Å²) in [6, 6.07) is 6.43. The number of carboxylic acid groups (broad SMARTS) is 1. The molecule has 9 atom stereocenters. The number of aliphatic carboxylic acids is 1. The van der Waals surface area contributed by atoms with E-state index in [9.17, 15) is 19.8 Å². The van der Waals surface area contributed by atoms with Crippen LogP contribution in [0.15, 0.2) is 35.9 Å². The van der Waals surface area contributed by atoms with Crippen molar-refractivity contribution >= 4 is 11.9 Å². The molecule has 6 heteroatoms. The van der Waals surface area contributed by atoms with Gasteiger partial charge >= 0.3 is 5.97 Å². The Hall–Kier alpha value is -2.34. The summed E-state index contributed by atoms with van der Waals surface area (Å²) in [6.45, 7) is 17.1. The number of amides is 1. The van der Waals surface area contributed by atoms with Gasteiger partial charge in [-0.1, -0.05) is 78.3 Å². The number of hydrogen-bond donors (Lipinski definition) is 3. The number of ether oxygens (including phenoxy) is 1. The number of rotatable bonds is 7. The largest absolute Gasteiger partial charge is 0.496 e. The van der Waals surface area contributed by atoms with Crippen molar-refractivity contribution in [3.05, 3.63) is 41.5 Å². The summed E-state index contributed by atoms with van der Waals surface area (Å²) in [6.07, 6.45) is 13.7.